The van der Waals surface area contributed by atoms with Crippen molar-refractivity contribution in [1.82, 2.24) is 4.90 Å². The highest BCUT2D eigenvalue weighted by Gasteiger charge is 2.36. The number of benzene rings is 1. The van der Waals surface area contributed by atoms with Crippen LogP contribution in [0.3, 0.4) is 0 Å². The Morgan fingerprint density at radius 3 is 2.35 bits per heavy atom. The summed E-state index contributed by atoms with van der Waals surface area (Å²) in [6.45, 7) is 7.22. The van der Waals surface area contributed by atoms with Crippen molar-refractivity contribution < 1.29 is 22.7 Å². The van der Waals surface area contributed by atoms with Gasteiger partial charge >= 0.3 is 5.97 Å². The van der Waals surface area contributed by atoms with Crippen LogP contribution in [0.2, 0.25) is 0 Å². The zero-order valence-electron chi connectivity index (χ0n) is 15.8. The first-order valence-electron chi connectivity index (χ1n) is 8.90. The number of aryl methyl sites for hydroxylation is 2. The van der Waals surface area contributed by atoms with Gasteiger partial charge in [0.15, 0.2) is 16.4 Å². The third kappa shape index (κ3) is 5.06. The molecule has 26 heavy (non-hydrogen) atoms. The van der Waals surface area contributed by atoms with Crippen LogP contribution in [0.1, 0.15) is 48.2 Å². The van der Waals surface area contributed by atoms with Gasteiger partial charge in [-0.05, 0) is 45.7 Å². The fourth-order valence-corrected chi connectivity index (χ4v) is 5.09. The molecule has 7 heteroatoms. The fraction of sp³-hybridized carbons (Fsp3) is 0.579. The van der Waals surface area contributed by atoms with Gasteiger partial charge in [-0.3, -0.25) is 4.79 Å². The van der Waals surface area contributed by atoms with E-state index in [1.54, 1.807) is 17.0 Å². The standard InChI is InChI=1S/C19H27NO5S/c1-5-15(4)20(17-6-7-26(23,24)12-17)18(21)11-25-19(22)16-9-13(2)8-14(3)10-16/h8-10,15,17H,5-7,11-12H2,1-4H3/t15-,17+/m0/s1. The number of nitrogens with zero attached hydrogens (tertiary/aromatic N) is 1. The second-order valence-corrected chi connectivity index (χ2v) is 9.30. The van der Waals surface area contributed by atoms with Gasteiger partial charge in [-0.15, -0.1) is 0 Å². The molecular formula is C19H27NO5S. The number of amides is 1. The first-order valence-corrected chi connectivity index (χ1v) is 10.7. The highest BCUT2D eigenvalue weighted by atomic mass is 32.2. The van der Waals surface area contributed by atoms with Crippen LogP contribution >= 0.6 is 0 Å². The molecule has 0 aromatic heterocycles. The highest BCUT2D eigenvalue weighted by Crippen LogP contribution is 2.21. The van der Waals surface area contributed by atoms with Gasteiger partial charge in [0.2, 0.25) is 0 Å². The average molecular weight is 381 g/mol. The van der Waals surface area contributed by atoms with Gasteiger partial charge in [0, 0.05) is 12.1 Å². The first-order chi connectivity index (χ1) is 12.1. The summed E-state index contributed by atoms with van der Waals surface area (Å²) < 4.78 is 28.7. The molecule has 1 aliphatic heterocycles. The predicted octanol–water partition coefficient (Wildman–Crippen LogP) is 2.27. The largest absolute Gasteiger partial charge is 0.452 e. The Kier molecular flexibility index (Phi) is 6.44. The van der Waals surface area contributed by atoms with E-state index in [1.807, 2.05) is 33.8 Å². The summed E-state index contributed by atoms with van der Waals surface area (Å²) in [4.78, 5) is 26.5. The Balaban J connectivity index is 2.06. The lowest BCUT2D eigenvalue weighted by Gasteiger charge is -2.33. The molecule has 0 aliphatic carbocycles. The van der Waals surface area contributed by atoms with Crippen LogP contribution in [-0.4, -0.2) is 55.4 Å². The maximum Gasteiger partial charge on any atom is 0.338 e. The minimum atomic E-state index is -3.10. The van der Waals surface area contributed by atoms with Crippen molar-refractivity contribution in [3.8, 4) is 0 Å². The summed E-state index contributed by atoms with van der Waals surface area (Å²) in [5.41, 5.74) is 2.30. The Hall–Kier alpha value is -1.89. The minimum Gasteiger partial charge on any atom is -0.452 e. The molecule has 0 radical (unpaired) electrons. The lowest BCUT2D eigenvalue weighted by atomic mass is 10.1. The lowest BCUT2D eigenvalue weighted by Crippen LogP contribution is -2.48. The minimum absolute atomic E-state index is 0.0197. The molecule has 0 saturated carbocycles. The van der Waals surface area contributed by atoms with Crippen LogP contribution < -0.4 is 0 Å². The Labute approximate surface area is 155 Å². The third-order valence-electron chi connectivity index (χ3n) is 4.74. The van der Waals surface area contributed by atoms with Crippen molar-refractivity contribution in [1.29, 1.82) is 0 Å². The normalized spacial score (nSPS) is 19.8. The molecule has 0 N–H and O–H groups in total. The molecule has 6 nitrogen and oxygen atoms in total. The number of carbonyl (C=O) groups excluding carboxylic acids is 2. The summed E-state index contributed by atoms with van der Waals surface area (Å²) >= 11 is 0. The summed E-state index contributed by atoms with van der Waals surface area (Å²) in [6, 6.07) is 4.93. The molecule has 1 saturated heterocycles. The summed E-state index contributed by atoms with van der Waals surface area (Å²) in [5.74, 6) is -0.818. The van der Waals surface area contributed by atoms with Gasteiger partial charge < -0.3 is 9.64 Å². The van der Waals surface area contributed by atoms with Crippen molar-refractivity contribution in [3.63, 3.8) is 0 Å². The third-order valence-corrected chi connectivity index (χ3v) is 6.49. The molecule has 144 valence electrons. The van der Waals surface area contributed by atoms with Gasteiger partial charge in [0.25, 0.3) is 5.91 Å². The van der Waals surface area contributed by atoms with Gasteiger partial charge in [-0.1, -0.05) is 24.1 Å². The molecular weight excluding hydrogens is 354 g/mol. The van der Waals surface area contributed by atoms with Crippen molar-refractivity contribution >= 4 is 21.7 Å². The molecule has 1 fully saturated rings. The van der Waals surface area contributed by atoms with E-state index >= 15 is 0 Å². The topological polar surface area (TPSA) is 80.8 Å². The molecule has 0 unspecified atom stereocenters. The molecule has 1 aromatic rings. The van der Waals surface area contributed by atoms with Crippen molar-refractivity contribution in [2.75, 3.05) is 18.1 Å². The van der Waals surface area contributed by atoms with Gasteiger partial charge in [-0.2, -0.15) is 0 Å². The van der Waals surface area contributed by atoms with Gasteiger partial charge in [0.05, 0.1) is 17.1 Å². The van der Waals surface area contributed by atoms with Crippen LogP contribution in [0.5, 0.6) is 0 Å². The smallest absolute Gasteiger partial charge is 0.338 e. The molecule has 2 rings (SSSR count). The van der Waals surface area contributed by atoms with E-state index < -0.39 is 15.8 Å². The molecule has 0 bridgehead atoms. The Morgan fingerprint density at radius 2 is 1.85 bits per heavy atom. The number of hydrogen-bond donors (Lipinski definition) is 0. The molecule has 1 aliphatic rings. The molecule has 2 atom stereocenters. The van der Waals surface area contributed by atoms with Crippen LogP contribution in [0, 0.1) is 13.8 Å². The Morgan fingerprint density at radius 1 is 1.23 bits per heavy atom. The maximum absolute atomic E-state index is 12.7. The van der Waals surface area contributed by atoms with Crippen molar-refractivity contribution in [2.45, 2.75) is 52.6 Å². The summed E-state index contributed by atoms with van der Waals surface area (Å²) in [7, 11) is -3.10. The van der Waals surface area contributed by atoms with E-state index in [0.29, 0.717) is 18.4 Å². The molecule has 1 amide bonds. The van der Waals surface area contributed by atoms with Gasteiger partial charge in [-0.25, -0.2) is 13.2 Å². The molecule has 1 heterocycles. The number of hydrogen-bond acceptors (Lipinski definition) is 5. The van der Waals surface area contributed by atoms with E-state index in [1.165, 1.54) is 0 Å². The zero-order valence-corrected chi connectivity index (χ0v) is 16.6. The number of rotatable bonds is 6. The van der Waals surface area contributed by atoms with Crippen LogP contribution in [0.4, 0.5) is 0 Å². The number of sulfone groups is 1. The van der Waals surface area contributed by atoms with E-state index in [2.05, 4.69) is 0 Å². The Bertz CT molecular complexity index is 767. The molecule has 0 spiro atoms. The monoisotopic (exact) mass is 381 g/mol. The second-order valence-electron chi connectivity index (χ2n) is 7.07. The second kappa shape index (κ2) is 8.20. The average Bonchev–Trinajstić information content (AvgIpc) is 2.91. The van der Waals surface area contributed by atoms with Crippen LogP contribution in [0.15, 0.2) is 18.2 Å². The first kappa shape index (κ1) is 20.4. The summed E-state index contributed by atoms with van der Waals surface area (Å²) in [6.07, 6.45) is 1.14. The SMILES string of the molecule is CC[C@H](C)N(C(=O)COC(=O)c1cc(C)cc(C)c1)[C@@H]1CCS(=O)(=O)C1. The summed E-state index contributed by atoms with van der Waals surface area (Å²) in [5, 5.41) is 0. The zero-order chi connectivity index (χ0) is 19.5. The van der Waals surface area contributed by atoms with E-state index in [4.69, 9.17) is 4.74 Å². The lowest BCUT2D eigenvalue weighted by molar-refractivity contribution is -0.138. The van der Waals surface area contributed by atoms with Crippen LogP contribution in [-0.2, 0) is 19.4 Å². The van der Waals surface area contributed by atoms with Crippen molar-refractivity contribution in [3.05, 3.63) is 34.9 Å². The van der Waals surface area contributed by atoms with E-state index in [-0.39, 0.29) is 36.1 Å². The fourth-order valence-electron chi connectivity index (χ4n) is 3.38. The van der Waals surface area contributed by atoms with E-state index in [0.717, 1.165) is 11.1 Å². The van der Waals surface area contributed by atoms with Gasteiger partial charge in [0.1, 0.15) is 0 Å². The van der Waals surface area contributed by atoms with Crippen LogP contribution in [0.25, 0.3) is 0 Å². The predicted molar refractivity (Wildman–Crippen MR) is 99.9 cm³/mol. The number of ether oxygens (including phenoxy) is 1. The quantitative estimate of drug-likeness (QED) is 0.706. The van der Waals surface area contributed by atoms with Crippen molar-refractivity contribution in [2.24, 2.45) is 0 Å². The highest BCUT2D eigenvalue weighted by molar-refractivity contribution is 7.91. The number of esters is 1. The van der Waals surface area contributed by atoms with E-state index in [9.17, 15) is 18.0 Å². The molecule has 1 aromatic carbocycles. The maximum atomic E-state index is 12.7. The number of carbonyl (C=O) groups is 2.